The van der Waals surface area contributed by atoms with Gasteiger partial charge in [0.2, 0.25) is 5.91 Å². The van der Waals surface area contributed by atoms with E-state index in [-0.39, 0.29) is 23.4 Å². The van der Waals surface area contributed by atoms with Gasteiger partial charge in [-0.05, 0) is 37.5 Å². The minimum absolute atomic E-state index is 0.0109. The van der Waals surface area contributed by atoms with E-state index in [0.29, 0.717) is 13.2 Å². The van der Waals surface area contributed by atoms with Crippen LogP contribution >= 0.6 is 11.3 Å². The molecule has 0 unspecified atom stereocenters. The van der Waals surface area contributed by atoms with E-state index in [4.69, 9.17) is 9.47 Å². The molecule has 2 aliphatic rings. The highest BCUT2D eigenvalue weighted by molar-refractivity contribution is 7.07. The summed E-state index contributed by atoms with van der Waals surface area (Å²) in [6, 6.07) is 5.98. The molecule has 1 aromatic carbocycles. The van der Waals surface area contributed by atoms with Crippen molar-refractivity contribution in [1.29, 1.82) is 0 Å². The number of hydrogen-bond donors (Lipinski definition) is 0. The maximum Gasteiger partial charge on any atom is 0.307 e. The first-order valence-corrected chi connectivity index (χ1v) is 9.85. The summed E-state index contributed by atoms with van der Waals surface area (Å²) in [7, 11) is 0. The molecule has 2 aliphatic heterocycles. The maximum atomic E-state index is 12.9. The number of thiazole rings is 1. The van der Waals surface area contributed by atoms with Gasteiger partial charge in [0.05, 0.1) is 19.3 Å². The average Bonchev–Trinajstić information content (AvgIpc) is 3.16. The summed E-state index contributed by atoms with van der Waals surface area (Å²) in [5.74, 6) is 1.51. The molecule has 26 heavy (non-hydrogen) atoms. The Kier molecular flexibility index (Phi) is 4.72. The lowest BCUT2D eigenvalue weighted by atomic mass is 10.0. The summed E-state index contributed by atoms with van der Waals surface area (Å²) in [6.45, 7) is 3.99. The number of likely N-dealkylation sites (tertiary alicyclic amines) is 1. The van der Waals surface area contributed by atoms with Crippen LogP contribution in [0.3, 0.4) is 0 Å². The number of nitrogens with zero attached hydrogens (tertiary/aromatic N) is 2. The maximum absolute atomic E-state index is 12.9. The smallest absolute Gasteiger partial charge is 0.307 e. The lowest BCUT2D eigenvalue weighted by Crippen LogP contribution is -2.35. The third-order valence-corrected chi connectivity index (χ3v) is 5.88. The van der Waals surface area contributed by atoms with E-state index in [9.17, 15) is 9.59 Å². The fourth-order valence-corrected chi connectivity index (χ4v) is 4.36. The van der Waals surface area contributed by atoms with Crippen LogP contribution in [0.25, 0.3) is 0 Å². The van der Waals surface area contributed by atoms with Crippen LogP contribution in [-0.4, -0.2) is 35.1 Å². The standard InChI is InChI=1S/C19H22N2O4S/c1-13-12-26-19(23)21(13)11-18(22)20-7-2-4-15(20)14-5-6-16-17(10-14)25-9-3-8-24-16/h5-6,10,12,15H,2-4,7-9,11H2,1H3/t15-/m0/s1. The summed E-state index contributed by atoms with van der Waals surface area (Å²) in [4.78, 5) is 26.6. The third kappa shape index (κ3) is 3.23. The van der Waals surface area contributed by atoms with Gasteiger partial charge in [0, 0.05) is 24.0 Å². The van der Waals surface area contributed by atoms with Crippen molar-refractivity contribution in [1.82, 2.24) is 9.47 Å². The van der Waals surface area contributed by atoms with Gasteiger partial charge >= 0.3 is 4.87 Å². The Hall–Kier alpha value is -2.28. The van der Waals surface area contributed by atoms with Crippen LogP contribution in [0.5, 0.6) is 11.5 Å². The predicted molar refractivity (Wildman–Crippen MR) is 99.1 cm³/mol. The molecular weight excluding hydrogens is 352 g/mol. The monoisotopic (exact) mass is 374 g/mol. The summed E-state index contributed by atoms with van der Waals surface area (Å²) >= 11 is 1.14. The van der Waals surface area contributed by atoms with Crippen LogP contribution in [0.15, 0.2) is 28.4 Å². The highest BCUT2D eigenvalue weighted by atomic mass is 32.1. The first-order chi connectivity index (χ1) is 12.6. The summed E-state index contributed by atoms with van der Waals surface area (Å²) in [6.07, 6.45) is 2.75. The minimum Gasteiger partial charge on any atom is -0.490 e. The van der Waals surface area contributed by atoms with Crippen molar-refractivity contribution in [2.75, 3.05) is 19.8 Å². The van der Waals surface area contributed by atoms with Gasteiger partial charge in [-0.25, -0.2) is 0 Å². The van der Waals surface area contributed by atoms with Gasteiger partial charge in [0.15, 0.2) is 11.5 Å². The largest absolute Gasteiger partial charge is 0.490 e. The van der Waals surface area contributed by atoms with Crippen molar-refractivity contribution in [3.05, 3.63) is 44.5 Å². The Morgan fingerprint density at radius 3 is 2.81 bits per heavy atom. The molecule has 1 saturated heterocycles. The Morgan fingerprint density at radius 1 is 1.23 bits per heavy atom. The van der Waals surface area contributed by atoms with E-state index in [1.54, 1.807) is 9.95 Å². The Bertz CT molecular complexity index is 873. The van der Waals surface area contributed by atoms with E-state index < -0.39 is 0 Å². The molecule has 6 nitrogen and oxygen atoms in total. The first kappa shape index (κ1) is 17.1. The lowest BCUT2D eigenvalue weighted by molar-refractivity contribution is -0.132. The lowest BCUT2D eigenvalue weighted by Gasteiger charge is -2.26. The summed E-state index contributed by atoms with van der Waals surface area (Å²) < 4.78 is 13.0. The molecule has 1 aromatic heterocycles. The molecule has 3 heterocycles. The van der Waals surface area contributed by atoms with Crippen molar-refractivity contribution in [2.45, 2.75) is 38.8 Å². The van der Waals surface area contributed by atoms with E-state index in [0.717, 1.165) is 59.9 Å². The number of hydrogen-bond acceptors (Lipinski definition) is 5. The molecule has 4 rings (SSSR count). The highest BCUT2D eigenvalue weighted by Gasteiger charge is 2.31. The Balaban J connectivity index is 1.56. The van der Waals surface area contributed by atoms with Crippen LogP contribution in [-0.2, 0) is 11.3 Å². The number of aromatic nitrogens is 1. The van der Waals surface area contributed by atoms with Gasteiger partial charge in [-0.3, -0.25) is 14.2 Å². The number of ether oxygens (including phenoxy) is 2. The molecule has 0 aliphatic carbocycles. The molecule has 0 saturated carbocycles. The number of rotatable bonds is 3. The van der Waals surface area contributed by atoms with E-state index in [2.05, 4.69) is 0 Å². The van der Waals surface area contributed by atoms with Crippen LogP contribution in [0.2, 0.25) is 0 Å². The quantitative estimate of drug-likeness (QED) is 0.829. The molecule has 0 spiro atoms. The van der Waals surface area contributed by atoms with Crippen LogP contribution in [0, 0.1) is 6.92 Å². The number of aryl methyl sites for hydroxylation is 1. The zero-order chi connectivity index (χ0) is 18.1. The zero-order valence-corrected chi connectivity index (χ0v) is 15.6. The zero-order valence-electron chi connectivity index (χ0n) is 14.8. The molecule has 0 radical (unpaired) electrons. The summed E-state index contributed by atoms with van der Waals surface area (Å²) in [5, 5.41) is 1.79. The van der Waals surface area contributed by atoms with Gasteiger partial charge in [-0.2, -0.15) is 0 Å². The molecule has 0 N–H and O–H groups in total. The van der Waals surface area contributed by atoms with Crippen molar-refractivity contribution in [3.63, 3.8) is 0 Å². The third-order valence-electron chi connectivity index (χ3n) is 5.00. The number of fused-ring (bicyclic) bond motifs is 1. The first-order valence-electron chi connectivity index (χ1n) is 8.97. The fourth-order valence-electron chi connectivity index (χ4n) is 3.62. The molecule has 138 valence electrons. The van der Waals surface area contributed by atoms with Crippen molar-refractivity contribution < 1.29 is 14.3 Å². The second kappa shape index (κ2) is 7.15. The number of benzene rings is 1. The van der Waals surface area contributed by atoms with Gasteiger partial charge in [-0.15, -0.1) is 0 Å². The molecule has 1 fully saturated rings. The van der Waals surface area contributed by atoms with E-state index >= 15 is 0 Å². The fraction of sp³-hybridized carbons (Fsp3) is 0.474. The highest BCUT2D eigenvalue weighted by Crippen LogP contribution is 2.38. The van der Waals surface area contributed by atoms with Gasteiger partial charge in [0.1, 0.15) is 6.54 Å². The normalized spacial score (nSPS) is 19.4. The van der Waals surface area contributed by atoms with Gasteiger partial charge in [0.25, 0.3) is 0 Å². The molecular formula is C19H22N2O4S. The molecule has 0 bridgehead atoms. The number of carbonyl (C=O) groups excluding carboxylic acids is 1. The van der Waals surface area contributed by atoms with Crippen LogP contribution < -0.4 is 14.3 Å². The van der Waals surface area contributed by atoms with Gasteiger partial charge < -0.3 is 14.4 Å². The molecule has 1 amide bonds. The van der Waals surface area contributed by atoms with Crippen LogP contribution in [0.1, 0.15) is 36.6 Å². The average molecular weight is 374 g/mol. The van der Waals surface area contributed by atoms with E-state index in [1.165, 1.54) is 0 Å². The Labute approximate surface area is 156 Å². The van der Waals surface area contributed by atoms with E-state index in [1.807, 2.05) is 30.0 Å². The van der Waals surface area contributed by atoms with Crippen molar-refractivity contribution in [2.24, 2.45) is 0 Å². The van der Waals surface area contributed by atoms with Crippen LogP contribution in [0.4, 0.5) is 0 Å². The minimum atomic E-state index is -0.0813. The topological polar surface area (TPSA) is 60.8 Å². The predicted octanol–water partition coefficient (Wildman–Crippen LogP) is 2.74. The van der Waals surface area contributed by atoms with Gasteiger partial charge in [-0.1, -0.05) is 17.4 Å². The second-order valence-electron chi connectivity index (χ2n) is 6.73. The number of carbonyl (C=O) groups is 1. The summed E-state index contributed by atoms with van der Waals surface area (Å²) in [5.41, 5.74) is 1.90. The SMILES string of the molecule is Cc1csc(=O)n1CC(=O)N1CCC[C@H]1c1ccc2c(c1)OCCCO2. The number of amides is 1. The molecule has 2 aromatic rings. The molecule has 1 atom stereocenters. The van der Waals surface area contributed by atoms with Crippen molar-refractivity contribution >= 4 is 17.2 Å². The molecule has 7 heteroatoms. The van der Waals surface area contributed by atoms with Crippen molar-refractivity contribution in [3.8, 4) is 11.5 Å². The second-order valence-corrected chi connectivity index (χ2v) is 7.55. The Morgan fingerprint density at radius 2 is 2.04 bits per heavy atom.